The molecule has 2 unspecified atom stereocenters. The Balaban J connectivity index is 1.54. The lowest BCUT2D eigenvalue weighted by Crippen LogP contribution is -2.40. The first kappa shape index (κ1) is 22.8. The van der Waals surface area contributed by atoms with E-state index < -0.39 is 18.2 Å². The number of carbonyl (C=O) groups excluding carboxylic acids is 2. The minimum atomic E-state index is -0.965. The van der Waals surface area contributed by atoms with E-state index in [0.717, 1.165) is 10.5 Å². The summed E-state index contributed by atoms with van der Waals surface area (Å²) in [6.07, 6.45) is -0.382. The molecule has 31 heavy (non-hydrogen) atoms. The van der Waals surface area contributed by atoms with Crippen molar-refractivity contribution in [2.24, 2.45) is 5.92 Å². The quantitative estimate of drug-likeness (QED) is 0.602. The van der Waals surface area contributed by atoms with Crippen LogP contribution in [0.1, 0.15) is 45.2 Å². The van der Waals surface area contributed by atoms with Crippen LogP contribution in [0.4, 0.5) is 4.79 Å². The largest absolute Gasteiger partial charge is 0.491 e. The molecular formula is C25H32N2O4. The van der Waals surface area contributed by atoms with Gasteiger partial charge < -0.3 is 15.2 Å². The summed E-state index contributed by atoms with van der Waals surface area (Å²) in [7, 11) is 0. The van der Waals surface area contributed by atoms with Gasteiger partial charge in [0.15, 0.2) is 0 Å². The number of carbonyl (C=O) groups is 2. The molecule has 1 heterocycles. The second kappa shape index (κ2) is 9.52. The van der Waals surface area contributed by atoms with Crippen LogP contribution in [-0.4, -0.2) is 47.2 Å². The molecule has 3 amide bonds. The van der Waals surface area contributed by atoms with Crippen LogP contribution in [0.2, 0.25) is 0 Å². The maximum Gasteiger partial charge on any atom is 0.324 e. The van der Waals surface area contributed by atoms with Crippen molar-refractivity contribution in [2.75, 3.05) is 13.2 Å². The fourth-order valence-corrected chi connectivity index (χ4v) is 3.83. The highest BCUT2D eigenvalue weighted by Crippen LogP contribution is 2.32. The topological polar surface area (TPSA) is 78.9 Å². The highest BCUT2D eigenvalue weighted by Gasteiger charge is 2.38. The summed E-state index contributed by atoms with van der Waals surface area (Å²) in [4.78, 5) is 25.6. The molecule has 0 spiro atoms. The lowest BCUT2D eigenvalue weighted by molar-refractivity contribution is -0.128. The Kier molecular flexibility index (Phi) is 7.01. The minimum Gasteiger partial charge on any atom is -0.491 e. The van der Waals surface area contributed by atoms with Gasteiger partial charge in [-0.2, -0.15) is 0 Å². The minimum absolute atomic E-state index is 0.00662. The zero-order chi connectivity index (χ0) is 22.6. The number of nitrogens with zero attached hydrogens (tertiary/aromatic N) is 1. The molecular weight excluding hydrogens is 392 g/mol. The van der Waals surface area contributed by atoms with Gasteiger partial charge in [-0.3, -0.25) is 9.69 Å². The van der Waals surface area contributed by atoms with Crippen molar-refractivity contribution < 1.29 is 19.4 Å². The van der Waals surface area contributed by atoms with Crippen molar-refractivity contribution in [1.29, 1.82) is 0 Å². The first-order valence-corrected chi connectivity index (χ1v) is 10.8. The molecule has 0 bridgehead atoms. The van der Waals surface area contributed by atoms with Gasteiger partial charge in [-0.15, -0.1) is 0 Å². The Bertz CT molecular complexity index is 893. The van der Waals surface area contributed by atoms with Crippen molar-refractivity contribution >= 4 is 11.9 Å². The molecule has 3 rings (SSSR count). The van der Waals surface area contributed by atoms with E-state index in [0.29, 0.717) is 12.2 Å². The van der Waals surface area contributed by atoms with Crippen LogP contribution in [0.25, 0.3) is 0 Å². The first-order valence-electron chi connectivity index (χ1n) is 10.8. The molecule has 6 heteroatoms. The number of benzene rings is 2. The van der Waals surface area contributed by atoms with E-state index in [-0.39, 0.29) is 30.4 Å². The van der Waals surface area contributed by atoms with E-state index in [4.69, 9.17) is 4.74 Å². The molecule has 1 fully saturated rings. The summed E-state index contributed by atoms with van der Waals surface area (Å²) in [6, 6.07) is 17.1. The number of hydrogen-bond acceptors (Lipinski definition) is 4. The SMILES string of the molecule is CC(C)CC1NC(=O)N(CC(O)COc2ccc(C(C)(C)c3ccccc3)cc2)C1=O. The zero-order valence-corrected chi connectivity index (χ0v) is 18.7. The zero-order valence-electron chi connectivity index (χ0n) is 18.7. The fraction of sp³-hybridized carbons (Fsp3) is 0.440. The van der Waals surface area contributed by atoms with Gasteiger partial charge in [-0.05, 0) is 35.6 Å². The maximum absolute atomic E-state index is 12.4. The molecule has 0 aromatic heterocycles. The highest BCUT2D eigenvalue weighted by molar-refractivity contribution is 6.04. The number of rotatable bonds is 9. The number of aliphatic hydroxyl groups excluding tert-OH is 1. The maximum atomic E-state index is 12.4. The van der Waals surface area contributed by atoms with Crippen molar-refractivity contribution in [3.05, 3.63) is 65.7 Å². The molecule has 2 atom stereocenters. The van der Waals surface area contributed by atoms with Crippen LogP contribution in [0, 0.1) is 5.92 Å². The third-order valence-corrected chi connectivity index (χ3v) is 5.72. The number of ether oxygens (including phenoxy) is 1. The molecule has 1 aliphatic rings. The van der Waals surface area contributed by atoms with Gasteiger partial charge in [0.05, 0.1) is 6.54 Å². The van der Waals surface area contributed by atoms with E-state index in [1.54, 1.807) is 0 Å². The summed E-state index contributed by atoms with van der Waals surface area (Å²) in [6.45, 7) is 8.25. The summed E-state index contributed by atoms with van der Waals surface area (Å²) in [5.41, 5.74) is 2.24. The Morgan fingerprint density at radius 1 is 1.03 bits per heavy atom. The Morgan fingerprint density at radius 3 is 2.26 bits per heavy atom. The molecule has 2 N–H and O–H groups in total. The van der Waals surface area contributed by atoms with Gasteiger partial charge in [-0.1, -0.05) is 70.2 Å². The van der Waals surface area contributed by atoms with Gasteiger partial charge in [0.25, 0.3) is 5.91 Å². The predicted octanol–water partition coefficient (Wildman–Crippen LogP) is 3.72. The monoisotopic (exact) mass is 424 g/mol. The van der Waals surface area contributed by atoms with Crippen LogP contribution in [0.3, 0.4) is 0 Å². The molecule has 0 aliphatic carbocycles. The predicted molar refractivity (Wildman–Crippen MR) is 120 cm³/mol. The number of aliphatic hydroxyl groups is 1. The number of urea groups is 1. The van der Waals surface area contributed by atoms with Gasteiger partial charge in [0.1, 0.15) is 24.5 Å². The Morgan fingerprint density at radius 2 is 1.65 bits per heavy atom. The van der Waals surface area contributed by atoms with Crippen molar-refractivity contribution in [2.45, 2.75) is 51.7 Å². The second-order valence-corrected chi connectivity index (χ2v) is 9.06. The third-order valence-electron chi connectivity index (χ3n) is 5.72. The Hall–Kier alpha value is -2.86. The fourth-order valence-electron chi connectivity index (χ4n) is 3.83. The van der Waals surface area contributed by atoms with E-state index in [1.165, 1.54) is 5.56 Å². The van der Waals surface area contributed by atoms with Crippen LogP contribution < -0.4 is 10.1 Å². The van der Waals surface area contributed by atoms with Crippen LogP contribution in [-0.2, 0) is 10.2 Å². The average Bonchev–Trinajstić information content (AvgIpc) is 3.00. The number of amides is 3. The summed E-state index contributed by atoms with van der Waals surface area (Å²) < 4.78 is 5.69. The first-order chi connectivity index (χ1) is 14.7. The molecule has 2 aromatic carbocycles. The molecule has 6 nitrogen and oxygen atoms in total. The lowest BCUT2D eigenvalue weighted by Gasteiger charge is -2.26. The summed E-state index contributed by atoms with van der Waals surface area (Å²) in [5, 5.41) is 13.0. The van der Waals surface area contributed by atoms with Gasteiger partial charge in [0, 0.05) is 5.41 Å². The molecule has 166 valence electrons. The number of β-amino-alcohol motifs (C(OH)–C–C–N with tert-alkyl or cyclic N) is 1. The number of imide groups is 1. The lowest BCUT2D eigenvalue weighted by atomic mass is 9.78. The van der Waals surface area contributed by atoms with E-state index in [2.05, 4.69) is 31.3 Å². The van der Waals surface area contributed by atoms with Crippen molar-refractivity contribution in [3.8, 4) is 5.75 Å². The Labute approximate surface area is 184 Å². The van der Waals surface area contributed by atoms with E-state index in [9.17, 15) is 14.7 Å². The van der Waals surface area contributed by atoms with Gasteiger partial charge >= 0.3 is 6.03 Å². The average molecular weight is 425 g/mol. The third kappa shape index (κ3) is 5.44. The second-order valence-electron chi connectivity index (χ2n) is 9.06. The number of hydrogen-bond donors (Lipinski definition) is 2. The van der Waals surface area contributed by atoms with E-state index >= 15 is 0 Å². The highest BCUT2D eigenvalue weighted by atomic mass is 16.5. The van der Waals surface area contributed by atoms with Gasteiger partial charge in [0.2, 0.25) is 0 Å². The molecule has 0 saturated carbocycles. The number of nitrogens with one attached hydrogen (secondary N) is 1. The smallest absolute Gasteiger partial charge is 0.324 e. The van der Waals surface area contributed by atoms with Gasteiger partial charge in [-0.25, -0.2) is 4.79 Å². The normalized spacial score (nSPS) is 17.7. The molecule has 2 aromatic rings. The standard InChI is InChI=1S/C25H32N2O4/c1-17(2)14-22-23(29)27(24(30)26-22)15-20(28)16-31-21-12-10-19(11-13-21)25(3,4)18-8-6-5-7-9-18/h5-13,17,20,22,28H,14-16H2,1-4H3,(H,26,30). The summed E-state index contributed by atoms with van der Waals surface area (Å²) in [5.74, 6) is 0.629. The van der Waals surface area contributed by atoms with Crippen molar-refractivity contribution in [3.63, 3.8) is 0 Å². The van der Waals surface area contributed by atoms with E-state index in [1.807, 2.05) is 56.3 Å². The molecule has 1 saturated heterocycles. The molecule has 1 aliphatic heterocycles. The van der Waals surface area contributed by atoms with Crippen LogP contribution >= 0.6 is 0 Å². The molecule has 0 radical (unpaired) electrons. The van der Waals surface area contributed by atoms with Crippen LogP contribution in [0.5, 0.6) is 5.75 Å². The summed E-state index contributed by atoms with van der Waals surface area (Å²) >= 11 is 0. The van der Waals surface area contributed by atoms with Crippen molar-refractivity contribution in [1.82, 2.24) is 10.2 Å². The van der Waals surface area contributed by atoms with Crippen LogP contribution in [0.15, 0.2) is 54.6 Å².